The highest BCUT2D eigenvalue weighted by Crippen LogP contribution is 2.15. The minimum atomic E-state index is -1.18. The van der Waals surface area contributed by atoms with Crippen LogP contribution >= 0.6 is 0 Å². The summed E-state index contributed by atoms with van der Waals surface area (Å²) >= 11 is 0. The molecular weight excluding hydrogens is 196 g/mol. The molecule has 1 aromatic rings. The van der Waals surface area contributed by atoms with E-state index in [1.54, 1.807) is 37.3 Å². The predicted molar refractivity (Wildman–Crippen MR) is 54.7 cm³/mol. The highest BCUT2D eigenvalue weighted by Gasteiger charge is 2.13. The second-order valence-electron chi connectivity index (χ2n) is 2.86. The molecule has 0 heterocycles. The van der Waals surface area contributed by atoms with Gasteiger partial charge in [-0.15, -0.1) is 0 Å². The van der Waals surface area contributed by atoms with Crippen molar-refractivity contribution < 1.29 is 19.7 Å². The van der Waals surface area contributed by atoms with Gasteiger partial charge in [-0.2, -0.15) is 0 Å². The van der Waals surface area contributed by atoms with Gasteiger partial charge in [0.1, 0.15) is 11.3 Å². The number of aliphatic hydroxyl groups is 1. The first-order chi connectivity index (χ1) is 7.15. The lowest BCUT2D eigenvalue weighted by molar-refractivity contribution is -0.133. The van der Waals surface area contributed by atoms with Crippen molar-refractivity contribution >= 4 is 5.97 Å². The number of aliphatic carboxylic acids is 1. The summed E-state index contributed by atoms with van der Waals surface area (Å²) in [5, 5.41) is 18.1. The maximum Gasteiger partial charge on any atom is 0.338 e. The lowest BCUT2D eigenvalue weighted by Gasteiger charge is -2.06. The standard InChI is InChI=1S/C11H12O4/c1-2-9(10(12)13)11(14)15-8-6-4-3-5-7-8/h3-7,14H,2H2,1H3,(H,12,13). The molecule has 0 aliphatic rings. The molecule has 80 valence electrons. The Morgan fingerprint density at radius 1 is 1.27 bits per heavy atom. The molecule has 4 nitrogen and oxygen atoms in total. The summed E-state index contributed by atoms with van der Waals surface area (Å²) in [6.45, 7) is 1.63. The number of carbonyl (C=O) groups is 1. The quantitative estimate of drug-likeness (QED) is 0.588. The lowest BCUT2D eigenvalue weighted by atomic mass is 10.2. The third-order valence-corrected chi connectivity index (χ3v) is 1.83. The second kappa shape index (κ2) is 5.05. The first-order valence-corrected chi connectivity index (χ1v) is 4.53. The van der Waals surface area contributed by atoms with E-state index in [2.05, 4.69) is 0 Å². The molecule has 0 atom stereocenters. The number of benzene rings is 1. The van der Waals surface area contributed by atoms with Crippen LogP contribution in [0.1, 0.15) is 13.3 Å². The van der Waals surface area contributed by atoms with Crippen LogP contribution in [0.5, 0.6) is 5.75 Å². The number of hydrogen-bond donors (Lipinski definition) is 2. The number of rotatable bonds is 4. The summed E-state index contributed by atoms with van der Waals surface area (Å²) in [7, 11) is 0. The molecular formula is C11H12O4. The maximum absolute atomic E-state index is 10.7. The molecule has 0 unspecified atom stereocenters. The van der Waals surface area contributed by atoms with Gasteiger partial charge >= 0.3 is 5.97 Å². The molecule has 0 spiro atoms. The molecule has 0 aromatic heterocycles. The summed E-state index contributed by atoms with van der Waals surface area (Å²) in [6.07, 6.45) is 0.202. The van der Waals surface area contributed by atoms with Crippen molar-refractivity contribution in [1.82, 2.24) is 0 Å². The molecule has 0 radical (unpaired) electrons. The fourth-order valence-corrected chi connectivity index (χ4v) is 1.06. The monoisotopic (exact) mass is 208 g/mol. The number of para-hydroxylation sites is 1. The summed E-state index contributed by atoms with van der Waals surface area (Å²) < 4.78 is 4.98. The van der Waals surface area contributed by atoms with Crippen molar-refractivity contribution in [3.8, 4) is 5.75 Å². The zero-order chi connectivity index (χ0) is 11.3. The minimum Gasteiger partial charge on any atom is -0.480 e. The van der Waals surface area contributed by atoms with Crippen molar-refractivity contribution in [2.75, 3.05) is 0 Å². The molecule has 0 amide bonds. The Hall–Kier alpha value is -1.97. The number of aliphatic hydroxyl groups excluding tert-OH is 1. The van der Waals surface area contributed by atoms with Gasteiger partial charge in [0.05, 0.1) is 0 Å². The van der Waals surface area contributed by atoms with E-state index in [1.165, 1.54) is 0 Å². The van der Waals surface area contributed by atoms with E-state index in [0.29, 0.717) is 5.75 Å². The van der Waals surface area contributed by atoms with Gasteiger partial charge < -0.3 is 14.9 Å². The predicted octanol–water partition coefficient (Wildman–Crippen LogP) is 2.33. The van der Waals surface area contributed by atoms with Crippen LogP contribution in [0.25, 0.3) is 0 Å². The molecule has 4 heteroatoms. The van der Waals surface area contributed by atoms with E-state index in [-0.39, 0.29) is 12.0 Å². The first-order valence-electron chi connectivity index (χ1n) is 4.53. The van der Waals surface area contributed by atoms with E-state index in [1.807, 2.05) is 0 Å². The van der Waals surface area contributed by atoms with Gasteiger partial charge in [-0.3, -0.25) is 0 Å². The maximum atomic E-state index is 10.7. The van der Waals surface area contributed by atoms with Crippen molar-refractivity contribution in [2.24, 2.45) is 0 Å². The van der Waals surface area contributed by atoms with Crippen LogP contribution in [0.3, 0.4) is 0 Å². The van der Waals surface area contributed by atoms with Crippen molar-refractivity contribution in [3.63, 3.8) is 0 Å². The number of hydrogen-bond acceptors (Lipinski definition) is 3. The topological polar surface area (TPSA) is 66.8 Å². The molecule has 1 rings (SSSR count). The SMILES string of the molecule is CCC(C(=O)O)=C(O)Oc1ccccc1. The van der Waals surface area contributed by atoms with Crippen LogP contribution in [-0.2, 0) is 4.79 Å². The van der Waals surface area contributed by atoms with Crippen LogP contribution in [0, 0.1) is 0 Å². The highest BCUT2D eigenvalue weighted by molar-refractivity contribution is 5.86. The molecule has 0 aliphatic carbocycles. The zero-order valence-electron chi connectivity index (χ0n) is 8.30. The molecule has 2 N–H and O–H groups in total. The molecule has 0 bridgehead atoms. The third-order valence-electron chi connectivity index (χ3n) is 1.83. The normalized spacial score (nSPS) is 11.8. The van der Waals surface area contributed by atoms with Crippen molar-refractivity contribution in [2.45, 2.75) is 13.3 Å². The van der Waals surface area contributed by atoms with E-state index >= 15 is 0 Å². The fourth-order valence-electron chi connectivity index (χ4n) is 1.06. The summed E-state index contributed by atoms with van der Waals surface area (Å²) in [6, 6.07) is 8.52. The van der Waals surface area contributed by atoms with Gasteiger partial charge in [-0.25, -0.2) is 4.79 Å². The van der Waals surface area contributed by atoms with Gasteiger partial charge in [0.2, 0.25) is 0 Å². The van der Waals surface area contributed by atoms with Crippen molar-refractivity contribution in [3.05, 3.63) is 41.9 Å². The summed E-state index contributed by atoms with van der Waals surface area (Å²) in [5.41, 5.74) is -0.140. The van der Waals surface area contributed by atoms with E-state index < -0.39 is 11.9 Å². The molecule has 0 fully saturated rings. The van der Waals surface area contributed by atoms with Gasteiger partial charge in [0, 0.05) is 0 Å². The van der Waals surface area contributed by atoms with Crippen LogP contribution in [0.2, 0.25) is 0 Å². The number of carboxylic acid groups (broad SMARTS) is 1. The number of ether oxygens (including phenoxy) is 1. The largest absolute Gasteiger partial charge is 0.480 e. The molecule has 0 aliphatic heterocycles. The van der Waals surface area contributed by atoms with Crippen molar-refractivity contribution in [1.29, 1.82) is 0 Å². The van der Waals surface area contributed by atoms with Crippen LogP contribution in [0.4, 0.5) is 0 Å². The van der Waals surface area contributed by atoms with E-state index in [4.69, 9.17) is 9.84 Å². The second-order valence-corrected chi connectivity index (χ2v) is 2.86. The molecule has 0 saturated carbocycles. The Bertz CT molecular complexity index is 367. The van der Waals surface area contributed by atoms with Gasteiger partial charge in [-0.05, 0) is 18.6 Å². The summed E-state index contributed by atoms with van der Waals surface area (Å²) in [5.74, 6) is -1.33. The third kappa shape index (κ3) is 3.02. The van der Waals surface area contributed by atoms with Crippen LogP contribution in [0.15, 0.2) is 41.9 Å². The van der Waals surface area contributed by atoms with Gasteiger partial charge in [0.25, 0.3) is 5.95 Å². The Labute approximate surface area is 87.4 Å². The Morgan fingerprint density at radius 2 is 1.87 bits per heavy atom. The molecule has 15 heavy (non-hydrogen) atoms. The molecule has 1 aromatic carbocycles. The Kier molecular flexibility index (Phi) is 3.74. The zero-order valence-corrected chi connectivity index (χ0v) is 8.30. The average molecular weight is 208 g/mol. The Morgan fingerprint density at radius 3 is 2.33 bits per heavy atom. The minimum absolute atomic E-state index is 0.140. The Balaban J connectivity index is 2.86. The van der Waals surface area contributed by atoms with E-state index in [9.17, 15) is 9.90 Å². The van der Waals surface area contributed by atoms with E-state index in [0.717, 1.165) is 0 Å². The summed E-state index contributed by atoms with van der Waals surface area (Å²) in [4.78, 5) is 10.7. The smallest absolute Gasteiger partial charge is 0.338 e. The molecule has 0 saturated heterocycles. The fraction of sp³-hybridized carbons (Fsp3) is 0.182. The highest BCUT2D eigenvalue weighted by atomic mass is 16.6. The number of carboxylic acids is 1. The van der Waals surface area contributed by atoms with Crippen LogP contribution < -0.4 is 4.74 Å². The first kappa shape index (κ1) is 11.1. The average Bonchev–Trinajstić information content (AvgIpc) is 2.19. The van der Waals surface area contributed by atoms with Crippen LogP contribution in [-0.4, -0.2) is 16.2 Å². The van der Waals surface area contributed by atoms with Gasteiger partial charge in [0.15, 0.2) is 0 Å². The van der Waals surface area contributed by atoms with Gasteiger partial charge in [-0.1, -0.05) is 25.1 Å². The lowest BCUT2D eigenvalue weighted by Crippen LogP contribution is -2.07.